The van der Waals surface area contributed by atoms with E-state index < -0.39 is 5.24 Å². The third-order valence-electron chi connectivity index (χ3n) is 2.73. The number of hydrogen-bond donors (Lipinski definition) is 0. The summed E-state index contributed by atoms with van der Waals surface area (Å²) in [7, 11) is 0. The first-order valence-corrected chi connectivity index (χ1v) is 7.39. The van der Waals surface area contributed by atoms with Gasteiger partial charge in [-0.15, -0.1) is 0 Å². The number of carbonyl (C=O) groups is 1. The van der Waals surface area contributed by atoms with E-state index in [-0.39, 0.29) is 0 Å². The molecule has 0 N–H and O–H groups in total. The lowest BCUT2D eigenvalue weighted by atomic mass is 10.2. The average molecular weight is 374 g/mol. The molecule has 0 radical (unpaired) electrons. The molecule has 2 rings (SSSR count). The van der Waals surface area contributed by atoms with E-state index in [1.807, 2.05) is 31.2 Å². The molecule has 0 saturated heterocycles. The number of carbonyl (C=O) groups excluding carboxylic acids is 1. The molecule has 104 valence electrons. The third-order valence-corrected chi connectivity index (χ3v) is 3.82. The second-order valence-corrected chi connectivity index (χ2v) is 5.92. The minimum Gasteiger partial charge on any atom is -0.486 e. The summed E-state index contributed by atoms with van der Waals surface area (Å²) >= 11 is 14.9. The van der Waals surface area contributed by atoms with E-state index in [9.17, 15) is 4.79 Å². The van der Waals surface area contributed by atoms with Gasteiger partial charge in [-0.2, -0.15) is 0 Å². The van der Waals surface area contributed by atoms with Gasteiger partial charge in [-0.05, 0) is 52.2 Å². The third kappa shape index (κ3) is 3.75. The Morgan fingerprint density at radius 2 is 1.90 bits per heavy atom. The van der Waals surface area contributed by atoms with Crippen LogP contribution in [0, 0.1) is 6.92 Å². The Bertz CT molecular complexity index is 616. The first-order valence-electron chi connectivity index (χ1n) is 5.84. The first-order chi connectivity index (χ1) is 9.47. The van der Waals surface area contributed by atoms with Crippen molar-refractivity contribution in [3.8, 4) is 5.75 Å². The summed E-state index contributed by atoms with van der Waals surface area (Å²) < 4.78 is 6.29. The summed E-state index contributed by atoms with van der Waals surface area (Å²) in [5.74, 6) is 0.494. The normalized spacial score (nSPS) is 10.4. The van der Waals surface area contributed by atoms with Gasteiger partial charge < -0.3 is 4.74 Å². The Morgan fingerprint density at radius 1 is 1.25 bits per heavy atom. The highest BCUT2D eigenvalue weighted by Crippen LogP contribution is 2.35. The highest BCUT2D eigenvalue weighted by Gasteiger charge is 2.12. The molecule has 2 nitrogen and oxygen atoms in total. The molecule has 0 unspecified atom stereocenters. The monoisotopic (exact) mass is 372 g/mol. The number of halogens is 3. The smallest absolute Gasteiger partial charge is 0.252 e. The van der Waals surface area contributed by atoms with E-state index in [0.29, 0.717) is 27.4 Å². The first kappa shape index (κ1) is 15.4. The maximum absolute atomic E-state index is 11.1. The van der Waals surface area contributed by atoms with Crippen LogP contribution in [-0.4, -0.2) is 5.24 Å². The zero-order chi connectivity index (χ0) is 14.7. The molecule has 0 aliphatic heterocycles. The average Bonchev–Trinajstić information content (AvgIpc) is 2.39. The number of ether oxygens (including phenoxy) is 1. The second-order valence-electron chi connectivity index (χ2n) is 4.32. The van der Waals surface area contributed by atoms with Crippen LogP contribution in [0.25, 0.3) is 0 Å². The van der Waals surface area contributed by atoms with Crippen LogP contribution >= 0.6 is 39.1 Å². The van der Waals surface area contributed by atoms with Crippen LogP contribution in [0.4, 0.5) is 0 Å². The Morgan fingerprint density at radius 3 is 2.45 bits per heavy atom. The molecule has 5 heteroatoms. The fraction of sp³-hybridized carbons (Fsp3) is 0.133. The molecule has 0 fully saturated rings. The van der Waals surface area contributed by atoms with Gasteiger partial charge in [-0.3, -0.25) is 4.79 Å². The molecule has 0 saturated carbocycles. The van der Waals surface area contributed by atoms with Crippen molar-refractivity contribution in [3.63, 3.8) is 0 Å². The zero-order valence-corrected chi connectivity index (χ0v) is 13.7. The number of rotatable bonds is 4. The van der Waals surface area contributed by atoms with Gasteiger partial charge in [0.2, 0.25) is 0 Å². The van der Waals surface area contributed by atoms with Gasteiger partial charge in [0, 0.05) is 5.56 Å². The summed E-state index contributed by atoms with van der Waals surface area (Å²) in [5, 5.41) is -0.215. The molecular formula is C15H11BrCl2O2. The van der Waals surface area contributed by atoms with Gasteiger partial charge in [0.25, 0.3) is 5.24 Å². The number of aryl methyl sites for hydroxylation is 1. The van der Waals surface area contributed by atoms with E-state index >= 15 is 0 Å². The maximum atomic E-state index is 11.1. The summed E-state index contributed by atoms with van der Waals surface area (Å²) in [4.78, 5) is 11.1. The summed E-state index contributed by atoms with van der Waals surface area (Å²) in [5.41, 5.74) is 2.56. The lowest BCUT2D eigenvalue weighted by Crippen LogP contribution is -1.98. The maximum Gasteiger partial charge on any atom is 0.252 e. The molecule has 0 amide bonds. The largest absolute Gasteiger partial charge is 0.486 e. The Kier molecular flexibility index (Phi) is 5.08. The minimum absolute atomic E-state index is 0.325. The molecule has 0 aromatic heterocycles. The van der Waals surface area contributed by atoms with Gasteiger partial charge in [-0.25, -0.2) is 0 Å². The molecule has 0 heterocycles. The van der Waals surface area contributed by atoms with Crippen molar-refractivity contribution in [2.45, 2.75) is 13.5 Å². The predicted molar refractivity (Wildman–Crippen MR) is 84.8 cm³/mol. The lowest BCUT2D eigenvalue weighted by Gasteiger charge is -2.11. The summed E-state index contributed by atoms with van der Waals surface area (Å²) in [6, 6.07) is 11.1. The lowest BCUT2D eigenvalue weighted by molar-refractivity contribution is 0.108. The van der Waals surface area contributed by atoms with Gasteiger partial charge in [-0.1, -0.05) is 41.4 Å². The Balaban J connectivity index is 2.17. The van der Waals surface area contributed by atoms with E-state index in [1.54, 1.807) is 6.07 Å². The summed E-state index contributed by atoms with van der Waals surface area (Å²) in [6.07, 6.45) is 0. The predicted octanol–water partition coefficient (Wildman–Crippen LogP) is 5.37. The summed E-state index contributed by atoms with van der Waals surface area (Å²) in [6.45, 7) is 2.42. The second kappa shape index (κ2) is 6.61. The van der Waals surface area contributed by atoms with Gasteiger partial charge >= 0.3 is 0 Å². The Labute approximate surface area is 135 Å². The molecule has 20 heavy (non-hydrogen) atoms. The molecule has 0 aliphatic rings. The van der Waals surface area contributed by atoms with Crippen molar-refractivity contribution in [1.82, 2.24) is 0 Å². The van der Waals surface area contributed by atoms with Crippen LogP contribution in [0.3, 0.4) is 0 Å². The van der Waals surface area contributed by atoms with E-state index in [4.69, 9.17) is 27.9 Å². The Hall–Kier alpha value is -1.03. The van der Waals surface area contributed by atoms with Gasteiger partial charge in [0.05, 0.1) is 9.50 Å². The van der Waals surface area contributed by atoms with E-state index in [2.05, 4.69) is 15.9 Å². The van der Waals surface area contributed by atoms with Crippen molar-refractivity contribution in [3.05, 3.63) is 62.6 Å². The van der Waals surface area contributed by atoms with E-state index in [1.165, 1.54) is 11.6 Å². The standard InChI is InChI=1S/C15H11BrCl2O2/c1-9-2-4-10(5-3-9)8-20-14-12(16)6-11(15(18)19)7-13(14)17/h2-7H,8H2,1H3. The highest BCUT2D eigenvalue weighted by molar-refractivity contribution is 9.10. The molecule has 0 bridgehead atoms. The minimum atomic E-state index is -0.558. The van der Waals surface area contributed by atoms with Crippen LogP contribution in [-0.2, 0) is 6.61 Å². The molecule has 0 spiro atoms. The number of benzene rings is 2. The van der Waals surface area contributed by atoms with Crippen molar-refractivity contribution in [2.75, 3.05) is 0 Å². The molecule has 2 aromatic carbocycles. The molecule has 2 aromatic rings. The van der Waals surface area contributed by atoms with Crippen LogP contribution in [0.1, 0.15) is 21.5 Å². The van der Waals surface area contributed by atoms with Crippen molar-refractivity contribution >= 4 is 44.4 Å². The van der Waals surface area contributed by atoms with Crippen molar-refractivity contribution in [2.24, 2.45) is 0 Å². The fourth-order valence-electron chi connectivity index (χ4n) is 1.65. The van der Waals surface area contributed by atoms with Crippen molar-refractivity contribution < 1.29 is 9.53 Å². The molecule has 0 atom stereocenters. The molecular weight excluding hydrogens is 363 g/mol. The quantitative estimate of drug-likeness (QED) is 0.673. The van der Waals surface area contributed by atoms with Crippen LogP contribution < -0.4 is 4.74 Å². The van der Waals surface area contributed by atoms with Crippen LogP contribution in [0.2, 0.25) is 5.02 Å². The number of hydrogen-bond acceptors (Lipinski definition) is 2. The molecule has 0 aliphatic carbocycles. The zero-order valence-electron chi connectivity index (χ0n) is 10.6. The highest BCUT2D eigenvalue weighted by atomic mass is 79.9. The topological polar surface area (TPSA) is 26.3 Å². The van der Waals surface area contributed by atoms with E-state index in [0.717, 1.165) is 5.56 Å². The van der Waals surface area contributed by atoms with Crippen molar-refractivity contribution in [1.29, 1.82) is 0 Å². The van der Waals surface area contributed by atoms with Gasteiger partial charge in [0.1, 0.15) is 6.61 Å². The van der Waals surface area contributed by atoms with Gasteiger partial charge in [0.15, 0.2) is 5.75 Å². The van der Waals surface area contributed by atoms with Crippen LogP contribution in [0.15, 0.2) is 40.9 Å². The fourth-order valence-corrected chi connectivity index (χ4v) is 2.72. The van der Waals surface area contributed by atoms with Crippen LogP contribution in [0.5, 0.6) is 5.75 Å². The SMILES string of the molecule is Cc1ccc(COc2c(Cl)cc(C(=O)Cl)cc2Br)cc1.